The highest BCUT2D eigenvalue weighted by Crippen LogP contribution is 2.29. The molecule has 132 valence electrons. The fourth-order valence-electron chi connectivity index (χ4n) is 3.53. The van der Waals surface area contributed by atoms with Crippen LogP contribution in [-0.4, -0.2) is 54.0 Å². The second-order valence-corrected chi connectivity index (χ2v) is 7.16. The molecule has 1 aliphatic rings. The number of carbonyl (C=O) groups excluding carboxylic acids is 1. The SMILES string of the molecule is Cc1cc(-c2ccc(C(=O)N(C)[C@@H]3CCN(C)C3)cc2)cc(C)c1O. The van der Waals surface area contributed by atoms with Gasteiger partial charge in [0.15, 0.2) is 0 Å². The van der Waals surface area contributed by atoms with Gasteiger partial charge in [0.2, 0.25) is 0 Å². The normalized spacial score (nSPS) is 17.7. The molecular formula is C21H26N2O2. The number of rotatable bonds is 3. The van der Waals surface area contributed by atoms with Crippen LogP contribution in [0.3, 0.4) is 0 Å². The number of hydrogen-bond acceptors (Lipinski definition) is 3. The molecule has 1 heterocycles. The Morgan fingerprint density at radius 2 is 1.72 bits per heavy atom. The molecule has 1 fully saturated rings. The molecule has 1 amide bonds. The Balaban J connectivity index is 1.79. The first-order chi connectivity index (χ1) is 11.9. The minimum Gasteiger partial charge on any atom is -0.507 e. The molecule has 0 bridgehead atoms. The molecule has 3 rings (SSSR count). The number of likely N-dealkylation sites (tertiary alicyclic amines) is 1. The topological polar surface area (TPSA) is 43.8 Å². The van der Waals surface area contributed by atoms with Crippen LogP contribution in [0.25, 0.3) is 11.1 Å². The third kappa shape index (κ3) is 3.54. The standard InChI is InChI=1S/C21H26N2O2/c1-14-11-18(12-15(2)20(14)24)16-5-7-17(8-6-16)21(25)23(4)19-9-10-22(3)13-19/h5-8,11-12,19,24H,9-10,13H2,1-4H3/t19-/m1/s1. The van der Waals surface area contributed by atoms with Crippen LogP contribution in [0, 0.1) is 13.8 Å². The van der Waals surface area contributed by atoms with Crippen LogP contribution in [0.5, 0.6) is 5.75 Å². The molecule has 0 aliphatic carbocycles. The Kier molecular flexibility index (Phi) is 4.82. The van der Waals surface area contributed by atoms with E-state index >= 15 is 0 Å². The lowest BCUT2D eigenvalue weighted by Crippen LogP contribution is -2.38. The molecule has 2 aromatic rings. The Bertz CT molecular complexity index is 760. The smallest absolute Gasteiger partial charge is 0.253 e. The van der Waals surface area contributed by atoms with Gasteiger partial charge in [0.05, 0.1) is 0 Å². The number of phenols is 1. The van der Waals surface area contributed by atoms with Gasteiger partial charge in [0.25, 0.3) is 5.91 Å². The van der Waals surface area contributed by atoms with Crippen LogP contribution in [0.4, 0.5) is 0 Å². The average Bonchev–Trinajstić information content (AvgIpc) is 3.04. The lowest BCUT2D eigenvalue weighted by atomic mass is 9.98. The van der Waals surface area contributed by atoms with Crippen molar-refractivity contribution in [3.05, 3.63) is 53.1 Å². The third-order valence-corrected chi connectivity index (χ3v) is 5.19. The predicted octanol–water partition coefficient (Wildman–Crippen LogP) is 3.45. The molecule has 1 atom stereocenters. The maximum absolute atomic E-state index is 12.7. The van der Waals surface area contributed by atoms with Gasteiger partial charge in [-0.1, -0.05) is 12.1 Å². The maximum atomic E-state index is 12.7. The van der Waals surface area contributed by atoms with Crippen LogP contribution in [0.15, 0.2) is 36.4 Å². The van der Waals surface area contributed by atoms with Crippen molar-refractivity contribution in [1.82, 2.24) is 9.80 Å². The predicted molar refractivity (Wildman–Crippen MR) is 101 cm³/mol. The number of likely N-dealkylation sites (N-methyl/N-ethyl adjacent to an activating group) is 2. The van der Waals surface area contributed by atoms with E-state index in [1.807, 2.05) is 62.2 Å². The molecule has 0 saturated carbocycles. The second-order valence-electron chi connectivity index (χ2n) is 7.16. The van der Waals surface area contributed by atoms with Gasteiger partial charge in [0, 0.05) is 25.2 Å². The Labute approximate surface area is 149 Å². The van der Waals surface area contributed by atoms with Crippen LogP contribution in [-0.2, 0) is 0 Å². The summed E-state index contributed by atoms with van der Waals surface area (Å²) in [6.07, 6.45) is 1.03. The lowest BCUT2D eigenvalue weighted by molar-refractivity contribution is 0.0737. The second kappa shape index (κ2) is 6.89. The van der Waals surface area contributed by atoms with Crippen molar-refractivity contribution in [3.63, 3.8) is 0 Å². The van der Waals surface area contributed by atoms with E-state index in [0.29, 0.717) is 17.4 Å². The van der Waals surface area contributed by atoms with Gasteiger partial charge in [-0.05, 0) is 80.4 Å². The summed E-state index contributed by atoms with van der Waals surface area (Å²) in [5, 5.41) is 9.92. The molecule has 25 heavy (non-hydrogen) atoms. The summed E-state index contributed by atoms with van der Waals surface area (Å²) < 4.78 is 0. The number of amides is 1. The zero-order chi connectivity index (χ0) is 18.1. The van der Waals surface area contributed by atoms with Crippen LogP contribution in [0.2, 0.25) is 0 Å². The van der Waals surface area contributed by atoms with E-state index in [1.165, 1.54) is 0 Å². The third-order valence-electron chi connectivity index (χ3n) is 5.19. The summed E-state index contributed by atoms with van der Waals surface area (Å²) in [5.74, 6) is 0.420. The molecule has 0 aromatic heterocycles. The highest BCUT2D eigenvalue weighted by Gasteiger charge is 2.26. The maximum Gasteiger partial charge on any atom is 0.253 e. The molecule has 0 spiro atoms. The van der Waals surface area contributed by atoms with Crippen molar-refractivity contribution in [1.29, 1.82) is 0 Å². The van der Waals surface area contributed by atoms with Gasteiger partial charge < -0.3 is 14.9 Å². The summed E-state index contributed by atoms with van der Waals surface area (Å²) >= 11 is 0. The molecule has 0 unspecified atom stereocenters. The molecule has 2 aromatic carbocycles. The van der Waals surface area contributed by atoms with E-state index in [2.05, 4.69) is 11.9 Å². The largest absolute Gasteiger partial charge is 0.507 e. The van der Waals surface area contributed by atoms with Crippen LogP contribution in [0.1, 0.15) is 27.9 Å². The van der Waals surface area contributed by atoms with Crippen molar-refractivity contribution >= 4 is 5.91 Å². The van der Waals surface area contributed by atoms with Crippen LogP contribution < -0.4 is 0 Å². The fraction of sp³-hybridized carbons (Fsp3) is 0.381. The molecule has 4 nitrogen and oxygen atoms in total. The average molecular weight is 338 g/mol. The van der Waals surface area contributed by atoms with Crippen LogP contribution >= 0.6 is 0 Å². The van der Waals surface area contributed by atoms with Crippen molar-refractivity contribution < 1.29 is 9.90 Å². The molecule has 1 aliphatic heterocycles. The van der Waals surface area contributed by atoms with E-state index in [0.717, 1.165) is 41.8 Å². The molecular weight excluding hydrogens is 312 g/mol. The minimum absolute atomic E-state index is 0.0740. The Morgan fingerprint density at radius 1 is 1.12 bits per heavy atom. The van der Waals surface area contributed by atoms with Crippen molar-refractivity contribution in [2.24, 2.45) is 0 Å². The number of carbonyl (C=O) groups is 1. The monoisotopic (exact) mass is 338 g/mol. The van der Waals surface area contributed by atoms with E-state index in [1.54, 1.807) is 0 Å². The van der Waals surface area contributed by atoms with E-state index in [-0.39, 0.29) is 5.91 Å². The summed E-state index contributed by atoms with van der Waals surface area (Å²) in [4.78, 5) is 16.8. The number of aryl methyl sites for hydroxylation is 2. The van der Waals surface area contributed by atoms with Gasteiger partial charge >= 0.3 is 0 Å². The van der Waals surface area contributed by atoms with Crippen molar-refractivity contribution in [3.8, 4) is 16.9 Å². The first-order valence-corrected chi connectivity index (χ1v) is 8.73. The van der Waals surface area contributed by atoms with Gasteiger partial charge in [-0.15, -0.1) is 0 Å². The highest BCUT2D eigenvalue weighted by molar-refractivity contribution is 5.94. The van der Waals surface area contributed by atoms with Crippen molar-refractivity contribution in [2.75, 3.05) is 27.2 Å². The first-order valence-electron chi connectivity index (χ1n) is 8.73. The zero-order valence-corrected chi connectivity index (χ0v) is 15.4. The number of aromatic hydroxyl groups is 1. The first kappa shape index (κ1) is 17.5. The Morgan fingerprint density at radius 3 is 2.24 bits per heavy atom. The quantitative estimate of drug-likeness (QED) is 0.932. The molecule has 0 radical (unpaired) electrons. The number of benzene rings is 2. The van der Waals surface area contributed by atoms with Gasteiger partial charge in [-0.2, -0.15) is 0 Å². The molecule has 4 heteroatoms. The van der Waals surface area contributed by atoms with Gasteiger partial charge in [-0.25, -0.2) is 0 Å². The summed E-state index contributed by atoms with van der Waals surface area (Å²) in [6, 6.07) is 12.0. The Hall–Kier alpha value is -2.33. The van der Waals surface area contributed by atoms with Gasteiger partial charge in [-0.3, -0.25) is 4.79 Å². The summed E-state index contributed by atoms with van der Waals surface area (Å²) in [7, 11) is 3.99. The summed E-state index contributed by atoms with van der Waals surface area (Å²) in [6.45, 7) is 5.78. The fourth-order valence-corrected chi connectivity index (χ4v) is 3.53. The highest BCUT2D eigenvalue weighted by atomic mass is 16.3. The minimum atomic E-state index is 0.0740. The molecule has 1 N–H and O–H groups in total. The van der Waals surface area contributed by atoms with E-state index in [9.17, 15) is 9.90 Å². The summed E-state index contributed by atoms with van der Waals surface area (Å²) in [5.41, 5.74) is 4.54. The zero-order valence-electron chi connectivity index (χ0n) is 15.4. The van der Waals surface area contributed by atoms with Gasteiger partial charge in [0.1, 0.15) is 5.75 Å². The van der Waals surface area contributed by atoms with Crippen molar-refractivity contribution in [2.45, 2.75) is 26.3 Å². The van der Waals surface area contributed by atoms with E-state index < -0.39 is 0 Å². The number of nitrogens with zero attached hydrogens (tertiary/aromatic N) is 2. The molecule has 1 saturated heterocycles. The number of phenolic OH excluding ortho intramolecular Hbond substituents is 1. The lowest BCUT2D eigenvalue weighted by Gasteiger charge is -2.24. The van der Waals surface area contributed by atoms with E-state index in [4.69, 9.17) is 0 Å². The number of hydrogen-bond donors (Lipinski definition) is 1.